The van der Waals surface area contributed by atoms with Gasteiger partial charge in [-0.25, -0.2) is 0 Å². The fourth-order valence-electron chi connectivity index (χ4n) is 1.93. The zero-order valence-corrected chi connectivity index (χ0v) is 12.3. The molecule has 0 saturated carbocycles. The number of likely N-dealkylation sites (N-methyl/N-ethyl adjacent to an activating group) is 1. The highest BCUT2D eigenvalue weighted by atomic mass is 16.5. The second kappa shape index (κ2) is 7.05. The van der Waals surface area contributed by atoms with Gasteiger partial charge < -0.3 is 15.2 Å². The molecular weight excluding hydrogens is 252 g/mol. The molecule has 0 aliphatic carbocycles. The van der Waals surface area contributed by atoms with Gasteiger partial charge in [-0.2, -0.15) is 4.98 Å². The van der Waals surface area contributed by atoms with Gasteiger partial charge in [0.25, 0.3) is 0 Å². The standard InChI is InChI=1S/C15H22N4O/c1-11-6-4-5-7-13(11)17-9-8-15-18-14(19-20-15)10-12(2)16-3/h4-7,12,16-17H,8-10H2,1-3H3. The van der Waals surface area contributed by atoms with Crippen LogP contribution in [0, 0.1) is 6.92 Å². The van der Waals surface area contributed by atoms with Crippen LogP contribution in [0.4, 0.5) is 5.69 Å². The van der Waals surface area contributed by atoms with Crippen molar-refractivity contribution in [2.75, 3.05) is 18.9 Å². The van der Waals surface area contributed by atoms with E-state index in [1.54, 1.807) is 0 Å². The molecule has 108 valence electrons. The summed E-state index contributed by atoms with van der Waals surface area (Å²) in [5.41, 5.74) is 2.39. The molecule has 1 aromatic heterocycles. The predicted octanol–water partition coefficient (Wildman–Crippen LogP) is 2.18. The van der Waals surface area contributed by atoms with Crippen molar-refractivity contribution in [2.45, 2.75) is 32.7 Å². The first-order chi connectivity index (χ1) is 9.69. The summed E-state index contributed by atoms with van der Waals surface area (Å²) in [7, 11) is 1.93. The maximum absolute atomic E-state index is 5.25. The fourth-order valence-corrected chi connectivity index (χ4v) is 1.93. The number of aromatic nitrogens is 2. The number of nitrogens with one attached hydrogen (secondary N) is 2. The number of para-hydroxylation sites is 1. The minimum Gasteiger partial charge on any atom is -0.384 e. The van der Waals surface area contributed by atoms with Gasteiger partial charge in [-0.15, -0.1) is 0 Å². The molecule has 1 aromatic carbocycles. The van der Waals surface area contributed by atoms with E-state index in [2.05, 4.69) is 46.8 Å². The second-order valence-corrected chi connectivity index (χ2v) is 4.99. The minimum atomic E-state index is 0.352. The second-order valence-electron chi connectivity index (χ2n) is 4.99. The summed E-state index contributed by atoms with van der Waals surface area (Å²) in [6, 6.07) is 8.58. The van der Waals surface area contributed by atoms with Crippen molar-refractivity contribution >= 4 is 5.69 Å². The first kappa shape index (κ1) is 14.5. The van der Waals surface area contributed by atoms with Gasteiger partial charge in [-0.3, -0.25) is 0 Å². The van der Waals surface area contributed by atoms with Gasteiger partial charge in [0.2, 0.25) is 5.89 Å². The highest BCUT2D eigenvalue weighted by Crippen LogP contribution is 2.13. The van der Waals surface area contributed by atoms with Gasteiger partial charge in [0.15, 0.2) is 5.82 Å². The van der Waals surface area contributed by atoms with Crippen molar-refractivity contribution in [1.29, 1.82) is 0 Å². The molecule has 20 heavy (non-hydrogen) atoms. The van der Waals surface area contributed by atoms with Gasteiger partial charge in [-0.05, 0) is 32.5 Å². The smallest absolute Gasteiger partial charge is 0.228 e. The topological polar surface area (TPSA) is 63.0 Å². The molecule has 5 heteroatoms. The fraction of sp³-hybridized carbons (Fsp3) is 0.467. The van der Waals surface area contributed by atoms with Crippen LogP contribution in [0.1, 0.15) is 24.2 Å². The van der Waals surface area contributed by atoms with E-state index in [9.17, 15) is 0 Å². The summed E-state index contributed by atoms with van der Waals surface area (Å²) >= 11 is 0. The van der Waals surface area contributed by atoms with Gasteiger partial charge in [0, 0.05) is 31.1 Å². The Balaban J connectivity index is 1.81. The summed E-state index contributed by atoms with van der Waals surface area (Å²) in [5, 5.41) is 10.5. The maximum atomic E-state index is 5.25. The molecule has 2 N–H and O–H groups in total. The average Bonchev–Trinajstić information content (AvgIpc) is 2.88. The molecular formula is C15H22N4O. The third-order valence-corrected chi connectivity index (χ3v) is 3.29. The van der Waals surface area contributed by atoms with Crippen molar-refractivity contribution in [3.05, 3.63) is 41.5 Å². The monoisotopic (exact) mass is 274 g/mol. The predicted molar refractivity (Wildman–Crippen MR) is 79.9 cm³/mol. The maximum Gasteiger partial charge on any atom is 0.228 e. The molecule has 0 aliphatic heterocycles. The van der Waals surface area contributed by atoms with E-state index < -0.39 is 0 Å². The number of hydrogen-bond acceptors (Lipinski definition) is 5. The van der Waals surface area contributed by atoms with Crippen LogP contribution in [-0.2, 0) is 12.8 Å². The normalized spacial score (nSPS) is 12.3. The lowest BCUT2D eigenvalue weighted by molar-refractivity contribution is 0.373. The van der Waals surface area contributed by atoms with Gasteiger partial charge in [-0.1, -0.05) is 23.4 Å². The van der Waals surface area contributed by atoms with Crippen LogP contribution < -0.4 is 10.6 Å². The summed E-state index contributed by atoms with van der Waals surface area (Å²) < 4.78 is 5.25. The van der Waals surface area contributed by atoms with Crippen LogP contribution in [0.15, 0.2) is 28.8 Å². The first-order valence-electron chi connectivity index (χ1n) is 6.97. The summed E-state index contributed by atoms with van der Waals surface area (Å²) in [5.74, 6) is 1.45. The highest BCUT2D eigenvalue weighted by molar-refractivity contribution is 5.50. The van der Waals surface area contributed by atoms with Gasteiger partial charge in [0.05, 0.1) is 0 Å². The zero-order valence-electron chi connectivity index (χ0n) is 12.3. The Labute approximate surface area is 119 Å². The Morgan fingerprint density at radius 2 is 2.10 bits per heavy atom. The van der Waals surface area contributed by atoms with E-state index in [1.807, 2.05) is 19.2 Å². The van der Waals surface area contributed by atoms with E-state index in [4.69, 9.17) is 4.52 Å². The zero-order chi connectivity index (χ0) is 14.4. The number of hydrogen-bond donors (Lipinski definition) is 2. The largest absolute Gasteiger partial charge is 0.384 e. The van der Waals surface area contributed by atoms with Crippen LogP contribution in [0.25, 0.3) is 0 Å². The number of nitrogens with zero attached hydrogens (tertiary/aromatic N) is 2. The minimum absolute atomic E-state index is 0.352. The lowest BCUT2D eigenvalue weighted by Gasteiger charge is -2.07. The quantitative estimate of drug-likeness (QED) is 0.810. The van der Waals surface area contributed by atoms with Crippen molar-refractivity contribution in [2.24, 2.45) is 0 Å². The third-order valence-electron chi connectivity index (χ3n) is 3.29. The van der Waals surface area contributed by atoms with Crippen LogP contribution >= 0.6 is 0 Å². The summed E-state index contributed by atoms with van der Waals surface area (Å²) in [6.45, 7) is 4.97. The molecule has 5 nitrogen and oxygen atoms in total. The highest BCUT2D eigenvalue weighted by Gasteiger charge is 2.09. The lowest BCUT2D eigenvalue weighted by Crippen LogP contribution is -2.24. The van der Waals surface area contributed by atoms with E-state index in [0.717, 1.165) is 30.9 Å². The molecule has 1 heterocycles. The Bertz CT molecular complexity index is 538. The molecule has 0 fully saturated rings. The molecule has 2 aromatic rings. The Morgan fingerprint density at radius 1 is 1.30 bits per heavy atom. The van der Waals surface area contributed by atoms with Gasteiger partial charge in [0.1, 0.15) is 0 Å². The molecule has 0 aliphatic rings. The molecule has 0 bridgehead atoms. The Morgan fingerprint density at radius 3 is 2.85 bits per heavy atom. The SMILES string of the molecule is CNC(C)Cc1noc(CCNc2ccccc2C)n1. The van der Waals surface area contributed by atoms with Crippen LogP contribution in [0.3, 0.4) is 0 Å². The van der Waals surface area contributed by atoms with Crippen molar-refractivity contribution in [1.82, 2.24) is 15.5 Å². The number of benzene rings is 1. The molecule has 1 unspecified atom stereocenters. The molecule has 0 radical (unpaired) electrons. The number of aryl methyl sites for hydroxylation is 1. The Hall–Kier alpha value is -1.88. The lowest BCUT2D eigenvalue weighted by atomic mass is 10.2. The molecule has 0 saturated heterocycles. The first-order valence-corrected chi connectivity index (χ1v) is 6.97. The molecule has 0 spiro atoms. The molecule has 2 rings (SSSR count). The van der Waals surface area contributed by atoms with E-state index in [1.165, 1.54) is 5.56 Å². The van der Waals surface area contributed by atoms with E-state index in [0.29, 0.717) is 11.9 Å². The van der Waals surface area contributed by atoms with E-state index in [-0.39, 0.29) is 0 Å². The molecule has 1 atom stereocenters. The van der Waals surface area contributed by atoms with Crippen LogP contribution in [-0.4, -0.2) is 29.8 Å². The number of rotatable bonds is 7. The summed E-state index contributed by atoms with van der Waals surface area (Å²) in [6.07, 6.45) is 1.51. The van der Waals surface area contributed by atoms with Crippen molar-refractivity contribution < 1.29 is 4.52 Å². The summed E-state index contributed by atoms with van der Waals surface area (Å²) in [4.78, 5) is 4.39. The van der Waals surface area contributed by atoms with Crippen molar-refractivity contribution in [3.8, 4) is 0 Å². The van der Waals surface area contributed by atoms with Crippen LogP contribution in [0.5, 0.6) is 0 Å². The van der Waals surface area contributed by atoms with Crippen molar-refractivity contribution in [3.63, 3.8) is 0 Å². The van der Waals surface area contributed by atoms with Crippen LogP contribution in [0.2, 0.25) is 0 Å². The number of anilines is 1. The molecule has 0 amide bonds. The van der Waals surface area contributed by atoms with E-state index >= 15 is 0 Å². The average molecular weight is 274 g/mol. The van der Waals surface area contributed by atoms with Gasteiger partial charge >= 0.3 is 0 Å². The third kappa shape index (κ3) is 4.06. The Kier molecular flexibility index (Phi) is 5.12.